The Morgan fingerprint density at radius 1 is 0.649 bits per heavy atom. The molecule has 0 unspecified atom stereocenters. The van der Waals surface area contributed by atoms with Crippen molar-refractivity contribution in [2.45, 2.75) is 135 Å². The van der Waals surface area contributed by atoms with Crippen LogP contribution in [0.3, 0.4) is 0 Å². The zero-order chi connectivity index (χ0) is 27.2. The smallest absolute Gasteiger partial charge is 0.320 e. The first kappa shape index (κ1) is 35.8. The van der Waals surface area contributed by atoms with Crippen LogP contribution < -0.4 is 5.32 Å². The van der Waals surface area contributed by atoms with E-state index >= 15 is 0 Å². The highest BCUT2D eigenvalue weighted by atomic mass is 16.5. The summed E-state index contributed by atoms with van der Waals surface area (Å²) in [4.78, 5) is 25.4. The molecule has 0 atom stereocenters. The molecule has 0 aliphatic heterocycles. The summed E-state index contributed by atoms with van der Waals surface area (Å²) in [5.41, 5.74) is 0. The minimum Gasteiger partial charge on any atom is -0.462 e. The molecule has 0 saturated carbocycles. The molecule has 0 aromatic heterocycles. The fourth-order valence-electron chi connectivity index (χ4n) is 4.60. The van der Waals surface area contributed by atoms with Gasteiger partial charge in [-0.15, -0.1) is 0 Å². The number of carbonyl (C=O) groups is 2. The first-order chi connectivity index (χ1) is 18.1. The number of hydrogen-bond donors (Lipinski definition) is 3. The maximum Gasteiger partial charge on any atom is 0.320 e. The molecule has 0 aliphatic carbocycles. The molecule has 0 radical (unpaired) electrons. The van der Waals surface area contributed by atoms with Crippen LogP contribution in [0, 0.1) is 0 Å². The lowest BCUT2D eigenvalue weighted by atomic mass is 10.0. The molecule has 7 heteroatoms. The Morgan fingerprint density at radius 2 is 1.11 bits per heavy atom. The van der Waals surface area contributed by atoms with E-state index < -0.39 is 5.97 Å². The molecular formula is C30H60N2O5. The van der Waals surface area contributed by atoms with E-state index in [9.17, 15) is 9.59 Å². The average molecular weight is 529 g/mol. The predicted molar refractivity (Wildman–Crippen MR) is 153 cm³/mol. The van der Waals surface area contributed by atoms with Crippen LogP contribution >= 0.6 is 0 Å². The van der Waals surface area contributed by atoms with E-state index in [0.29, 0.717) is 26.1 Å². The first-order valence-corrected chi connectivity index (χ1v) is 15.5. The average Bonchev–Trinajstić information content (AvgIpc) is 2.89. The molecule has 37 heavy (non-hydrogen) atoms. The molecule has 0 heterocycles. The monoisotopic (exact) mass is 528 g/mol. The minimum absolute atomic E-state index is 0.0258. The molecule has 0 aromatic carbocycles. The predicted octanol–water partition coefficient (Wildman–Crippen LogP) is 5.75. The zero-order valence-corrected chi connectivity index (χ0v) is 24.2. The molecule has 1 amide bonds. The van der Waals surface area contributed by atoms with Crippen LogP contribution in [0.4, 0.5) is 0 Å². The van der Waals surface area contributed by atoms with Crippen LogP contribution in [0.1, 0.15) is 135 Å². The van der Waals surface area contributed by atoms with Crippen molar-refractivity contribution in [3.63, 3.8) is 0 Å². The minimum atomic E-state index is -0.442. The summed E-state index contributed by atoms with van der Waals surface area (Å²) in [6.45, 7) is 3.26. The first-order valence-electron chi connectivity index (χ1n) is 15.5. The third kappa shape index (κ3) is 27.7. The van der Waals surface area contributed by atoms with Crippen LogP contribution in [0.25, 0.3) is 0 Å². The number of esters is 1. The molecule has 0 rings (SSSR count). The van der Waals surface area contributed by atoms with Gasteiger partial charge in [-0.2, -0.15) is 0 Å². The van der Waals surface area contributed by atoms with E-state index in [2.05, 4.69) is 12.2 Å². The van der Waals surface area contributed by atoms with Gasteiger partial charge >= 0.3 is 5.97 Å². The van der Waals surface area contributed by atoms with Gasteiger partial charge in [0.25, 0.3) is 0 Å². The van der Waals surface area contributed by atoms with Gasteiger partial charge in [0.1, 0.15) is 6.61 Å². The number of nitrogens with zero attached hydrogens (tertiary/aromatic N) is 1. The van der Waals surface area contributed by atoms with Gasteiger partial charge in [-0.25, -0.2) is 0 Å². The van der Waals surface area contributed by atoms with Gasteiger partial charge in [0.2, 0.25) is 5.91 Å². The largest absolute Gasteiger partial charge is 0.462 e. The third-order valence-corrected chi connectivity index (χ3v) is 6.88. The van der Waals surface area contributed by atoms with Gasteiger partial charge in [-0.3, -0.25) is 14.5 Å². The quantitative estimate of drug-likeness (QED) is 0.0844. The normalized spacial score (nSPS) is 11.2. The van der Waals surface area contributed by atoms with E-state index in [1.54, 1.807) is 4.90 Å². The molecule has 0 aliphatic rings. The van der Waals surface area contributed by atoms with Gasteiger partial charge < -0.3 is 20.3 Å². The van der Waals surface area contributed by atoms with Crippen LogP contribution in [0.2, 0.25) is 0 Å². The summed E-state index contributed by atoms with van der Waals surface area (Å²) in [6.07, 6.45) is 26.0. The summed E-state index contributed by atoms with van der Waals surface area (Å²) in [5.74, 6) is -0.401. The fraction of sp³-hybridized carbons (Fsp3) is 0.933. The molecule has 0 spiro atoms. The van der Waals surface area contributed by atoms with E-state index in [1.807, 2.05) is 0 Å². The Hall–Kier alpha value is -1.18. The topological polar surface area (TPSA) is 99.1 Å². The van der Waals surface area contributed by atoms with Gasteiger partial charge in [-0.1, -0.05) is 122 Å². The van der Waals surface area contributed by atoms with Crippen molar-refractivity contribution < 1.29 is 24.5 Å². The molecule has 0 bridgehead atoms. The van der Waals surface area contributed by atoms with Gasteiger partial charge in [-0.05, 0) is 6.42 Å². The van der Waals surface area contributed by atoms with Crippen molar-refractivity contribution in [2.75, 3.05) is 46.0 Å². The van der Waals surface area contributed by atoms with Crippen molar-refractivity contribution in [1.29, 1.82) is 0 Å². The van der Waals surface area contributed by atoms with Gasteiger partial charge in [0, 0.05) is 26.1 Å². The number of aliphatic hydroxyl groups excluding tert-OH is 2. The Balaban J connectivity index is 3.41. The number of aliphatic hydroxyl groups is 2. The zero-order valence-electron chi connectivity index (χ0n) is 24.2. The summed E-state index contributed by atoms with van der Waals surface area (Å²) < 4.78 is 4.84. The second kappa shape index (κ2) is 29.4. The Labute approximate surface area is 228 Å². The van der Waals surface area contributed by atoms with Crippen LogP contribution in [-0.2, 0) is 14.3 Å². The van der Waals surface area contributed by atoms with Gasteiger partial charge in [0.05, 0.1) is 19.8 Å². The Morgan fingerprint density at radius 3 is 1.54 bits per heavy atom. The van der Waals surface area contributed by atoms with E-state index in [0.717, 1.165) is 12.8 Å². The highest BCUT2D eigenvalue weighted by Gasteiger charge is 2.11. The standard InChI is InChI=1S/C30H60N2O5/c1-2-3-4-5-6-7-8-9-10-11-12-13-14-15-16-17-18-19-20-21-29(35)31-22-23-32(24-25-33)28-30(36)37-27-26-34/h33-34H,2-28H2,1H3,(H,31,35). The molecular weight excluding hydrogens is 468 g/mol. The number of carbonyl (C=O) groups excluding carboxylic acids is 2. The lowest BCUT2D eigenvalue weighted by Crippen LogP contribution is -2.39. The van der Waals surface area contributed by atoms with Crippen molar-refractivity contribution in [3.8, 4) is 0 Å². The highest BCUT2D eigenvalue weighted by Crippen LogP contribution is 2.14. The van der Waals surface area contributed by atoms with Crippen molar-refractivity contribution in [2.24, 2.45) is 0 Å². The van der Waals surface area contributed by atoms with Crippen LogP contribution in [0.5, 0.6) is 0 Å². The number of nitrogens with one attached hydrogen (secondary N) is 1. The maximum absolute atomic E-state index is 12.0. The SMILES string of the molecule is CCCCCCCCCCCCCCCCCCCCCC(=O)NCCN(CCO)CC(=O)OCCO. The van der Waals surface area contributed by atoms with Gasteiger partial charge in [0.15, 0.2) is 0 Å². The molecule has 0 saturated heterocycles. The summed E-state index contributed by atoms with van der Waals surface area (Å²) in [6, 6.07) is 0. The number of amides is 1. The lowest BCUT2D eigenvalue weighted by molar-refractivity contribution is -0.146. The third-order valence-electron chi connectivity index (χ3n) is 6.88. The van der Waals surface area contributed by atoms with E-state index in [4.69, 9.17) is 14.9 Å². The molecule has 220 valence electrons. The van der Waals surface area contributed by atoms with Crippen molar-refractivity contribution >= 4 is 11.9 Å². The Kier molecular flexibility index (Phi) is 28.4. The summed E-state index contributed by atoms with van der Waals surface area (Å²) >= 11 is 0. The molecule has 3 N–H and O–H groups in total. The van der Waals surface area contributed by atoms with Crippen molar-refractivity contribution in [3.05, 3.63) is 0 Å². The second-order valence-corrected chi connectivity index (χ2v) is 10.4. The number of hydrogen-bond acceptors (Lipinski definition) is 6. The highest BCUT2D eigenvalue weighted by molar-refractivity contribution is 5.75. The van der Waals surface area contributed by atoms with E-state index in [1.165, 1.54) is 109 Å². The van der Waals surface area contributed by atoms with Crippen molar-refractivity contribution in [1.82, 2.24) is 10.2 Å². The van der Waals surface area contributed by atoms with E-state index in [-0.39, 0.29) is 32.3 Å². The maximum atomic E-state index is 12.0. The Bertz CT molecular complexity index is 504. The molecule has 0 aromatic rings. The number of ether oxygens (including phenoxy) is 1. The number of rotatable bonds is 29. The second-order valence-electron chi connectivity index (χ2n) is 10.4. The molecule has 0 fully saturated rings. The number of unbranched alkanes of at least 4 members (excludes halogenated alkanes) is 18. The summed E-state index contributed by atoms with van der Waals surface area (Å²) in [7, 11) is 0. The fourth-order valence-corrected chi connectivity index (χ4v) is 4.60. The molecule has 7 nitrogen and oxygen atoms in total. The van der Waals surface area contributed by atoms with Crippen LogP contribution in [-0.4, -0.2) is 73.0 Å². The lowest BCUT2D eigenvalue weighted by Gasteiger charge is -2.20. The van der Waals surface area contributed by atoms with Crippen LogP contribution in [0.15, 0.2) is 0 Å². The summed E-state index contributed by atoms with van der Waals surface area (Å²) in [5, 5.41) is 20.7.